The summed E-state index contributed by atoms with van der Waals surface area (Å²) in [6, 6.07) is 14.2. The molecule has 0 radical (unpaired) electrons. The van der Waals surface area contributed by atoms with E-state index >= 15 is 0 Å². The fraction of sp³-hybridized carbons (Fsp3) is 0.100. The predicted octanol–water partition coefficient (Wildman–Crippen LogP) is 3.99. The Morgan fingerprint density at radius 3 is 1.40 bits per heavy atom. The maximum Gasteiger partial charge on any atom is 0.124 e. The molecular formula is C20H22N2NiO2. The molecule has 2 aromatic carbocycles. The second kappa shape index (κ2) is 13.8. The zero-order valence-corrected chi connectivity index (χ0v) is 14.8. The van der Waals surface area contributed by atoms with Gasteiger partial charge in [0.15, 0.2) is 0 Å². The summed E-state index contributed by atoms with van der Waals surface area (Å²) in [6.07, 6.45) is 6.68. The van der Waals surface area contributed by atoms with Crippen LogP contribution in [0, 0.1) is 0 Å². The van der Waals surface area contributed by atoms with E-state index in [-0.39, 0.29) is 28.0 Å². The first-order valence-corrected chi connectivity index (χ1v) is 7.46. The van der Waals surface area contributed by atoms with E-state index in [4.69, 9.17) is 0 Å². The van der Waals surface area contributed by atoms with Crippen LogP contribution in [0.2, 0.25) is 0 Å². The molecule has 0 amide bonds. The van der Waals surface area contributed by atoms with Crippen molar-refractivity contribution in [3.63, 3.8) is 0 Å². The van der Waals surface area contributed by atoms with Crippen molar-refractivity contribution in [2.75, 3.05) is 13.1 Å². The number of hydrogen-bond acceptors (Lipinski definition) is 4. The molecule has 0 atom stereocenters. The van der Waals surface area contributed by atoms with Crippen LogP contribution in [-0.2, 0) is 16.5 Å². The van der Waals surface area contributed by atoms with Gasteiger partial charge in [-0.25, -0.2) is 0 Å². The molecule has 25 heavy (non-hydrogen) atoms. The minimum absolute atomic E-state index is 0. The molecular weight excluding hydrogens is 359 g/mol. The molecule has 0 bridgehead atoms. The molecule has 0 heterocycles. The molecule has 0 spiro atoms. The Hall–Kier alpha value is -2.65. The number of nitrogens with zero attached hydrogens (tertiary/aromatic N) is 2. The van der Waals surface area contributed by atoms with Crippen molar-refractivity contribution in [2.45, 2.75) is 0 Å². The second-order valence-electron chi connectivity index (χ2n) is 4.68. The van der Waals surface area contributed by atoms with Gasteiger partial charge in [0.1, 0.15) is 11.5 Å². The average Bonchev–Trinajstić information content (AvgIpc) is 2.59. The average molecular weight is 381 g/mol. The summed E-state index contributed by atoms with van der Waals surface area (Å²) < 4.78 is 0. The van der Waals surface area contributed by atoms with Gasteiger partial charge in [-0.3, -0.25) is 9.98 Å². The molecule has 0 aromatic heterocycles. The Morgan fingerprint density at radius 2 is 1.08 bits per heavy atom. The van der Waals surface area contributed by atoms with Crippen molar-refractivity contribution in [2.24, 2.45) is 9.98 Å². The van der Waals surface area contributed by atoms with Gasteiger partial charge >= 0.3 is 0 Å². The van der Waals surface area contributed by atoms with Gasteiger partial charge in [0.05, 0.1) is 13.1 Å². The molecule has 0 aliphatic carbocycles. The van der Waals surface area contributed by atoms with E-state index in [1.807, 2.05) is 24.3 Å². The molecule has 134 valence electrons. The number of aliphatic imine (C=N–C) groups is 2. The van der Waals surface area contributed by atoms with E-state index in [0.717, 1.165) is 11.1 Å². The van der Waals surface area contributed by atoms with Crippen LogP contribution in [0.1, 0.15) is 11.1 Å². The molecule has 0 saturated carbocycles. The van der Waals surface area contributed by atoms with E-state index < -0.39 is 0 Å². The van der Waals surface area contributed by atoms with Gasteiger partial charge in [0.2, 0.25) is 0 Å². The first kappa shape index (κ1) is 22.4. The quantitative estimate of drug-likeness (QED) is 0.452. The Labute approximate surface area is 158 Å². The van der Waals surface area contributed by atoms with Crippen LogP contribution in [0.5, 0.6) is 11.5 Å². The largest absolute Gasteiger partial charge is 0.507 e. The molecule has 0 unspecified atom stereocenters. The Bertz CT molecular complexity index is 651. The summed E-state index contributed by atoms with van der Waals surface area (Å²) >= 11 is 0. The van der Waals surface area contributed by atoms with Gasteiger partial charge < -0.3 is 10.2 Å². The van der Waals surface area contributed by atoms with Gasteiger partial charge in [-0.15, -0.1) is 13.2 Å². The summed E-state index contributed by atoms with van der Waals surface area (Å²) in [6.45, 7) is 8.23. The van der Waals surface area contributed by atoms with Crippen LogP contribution in [0.25, 0.3) is 0 Å². The molecule has 4 nitrogen and oxygen atoms in total. The topological polar surface area (TPSA) is 65.2 Å². The monoisotopic (exact) mass is 380 g/mol. The standard InChI is InChI=1S/2C10H11NO.Ni/c2*1-2-7-11-8-9-5-3-4-6-10(9)12;/h2*2-6,8,12H,1,7H2;. The number of hydrogen-bond donors (Lipinski definition) is 2. The van der Waals surface area contributed by atoms with E-state index in [9.17, 15) is 10.2 Å². The van der Waals surface area contributed by atoms with Gasteiger partial charge in [0.25, 0.3) is 0 Å². The van der Waals surface area contributed by atoms with E-state index in [1.54, 1.807) is 48.8 Å². The van der Waals surface area contributed by atoms with Crippen molar-refractivity contribution < 1.29 is 26.7 Å². The van der Waals surface area contributed by atoms with Crippen LogP contribution < -0.4 is 0 Å². The maximum absolute atomic E-state index is 9.29. The van der Waals surface area contributed by atoms with Crippen molar-refractivity contribution in [1.29, 1.82) is 0 Å². The van der Waals surface area contributed by atoms with Crippen LogP contribution in [0.15, 0.2) is 83.8 Å². The van der Waals surface area contributed by atoms with E-state index in [0.29, 0.717) is 13.1 Å². The smallest absolute Gasteiger partial charge is 0.124 e. The SMILES string of the molecule is C=CCN=Cc1ccccc1O.C=CCN=Cc1ccccc1O.[Ni]. The second-order valence-corrected chi connectivity index (χ2v) is 4.68. The van der Waals surface area contributed by atoms with Crippen molar-refractivity contribution in [1.82, 2.24) is 0 Å². The minimum Gasteiger partial charge on any atom is -0.507 e. The Balaban J connectivity index is 0.000000443. The van der Waals surface area contributed by atoms with Crippen molar-refractivity contribution in [3.8, 4) is 11.5 Å². The van der Waals surface area contributed by atoms with Crippen molar-refractivity contribution >= 4 is 12.4 Å². The van der Waals surface area contributed by atoms with Gasteiger partial charge in [-0.1, -0.05) is 36.4 Å². The first-order chi connectivity index (χ1) is 11.7. The predicted molar refractivity (Wildman–Crippen MR) is 102 cm³/mol. The molecule has 2 aromatic rings. The Kier molecular flexibility index (Phi) is 12.3. The minimum atomic E-state index is 0. The number of phenolic OH excluding ortho intramolecular Hbond substituents is 2. The normalized spacial score (nSPS) is 9.92. The summed E-state index contributed by atoms with van der Waals surface area (Å²) in [7, 11) is 0. The first-order valence-electron chi connectivity index (χ1n) is 7.46. The summed E-state index contributed by atoms with van der Waals surface area (Å²) in [5, 5.41) is 18.6. The molecule has 0 fully saturated rings. The third kappa shape index (κ3) is 9.28. The van der Waals surface area contributed by atoms with Crippen LogP contribution in [0.4, 0.5) is 0 Å². The van der Waals surface area contributed by atoms with Crippen molar-refractivity contribution in [3.05, 3.63) is 85.0 Å². The third-order valence-corrected chi connectivity index (χ3v) is 2.80. The zero-order valence-electron chi connectivity index (χ0n) is 13.9. The summed E-state index contributed by atoms with van der Waals surface area (Å²) in [4.78, 5) is 8.04. The molecule has 2 rings (SSSR count). The number of phenols is 2. The van der Waals surface area contributed by atoms with Gasteiger partial charge in [-0.2, -0.15) is 0 Å². The maximum atomic E-state index is 9.29. The number of para-hydroxylation sites is 2. The molecule has 5 heteroatoms. The van der Waals surface area contributed by atoms with E-state index in [1.165, 1.54) is 0 Å². The Morgan fingerprint density at radius 1 is 0.720 bits per heavy atom. The number of benzene rings is 2. The number of rotatable bonds is 6. The molecule has 2 N–H and O–H groups in total. The van der Waals surface area contributed by atoms with Gasteiger partial charge in [-0.05, 0) is 24.3 Å². The number of aromatic hydroxyl groups is 2. The third-order valence-electron chi connectivity index (χ3n) is 2.80. The van der Waals surface area contributed by atoms with Crippen LogP contribution in [-0.4, -0.2) is 35.7 Å². The van der Waals surface area contributed by atoms with Crippen LogP contribution in [0.3, 0.4) is 0 Å². The fourth-order valence-corrected chi connectivity index (χ4v) is 1.64. The molecule has 0 aliphatic rings. The fourth-order valence-electron chi connectivity index (χ4n) is 1.64. The van der Waals surface area contributed by atoms with E-state index in [2.05, 4.69) is 23.1 Å². The van der Waals surface area contributed by atoms with Crippen LogP contribution >= 0.6 is 0 Å². The zero-order chi connectivity index (χ0) is 17.6. The summed E-state index contributed by atoms with van der Waals surface area (Å²) in [5.74, 6) is 0.510. The molecule has 0 saturated heterocycles. The van der Waals surface area contributed by atoms with Gasteiger partial charge in [0, 0.05) is 40.0 Å². The summed E-state index contributed by atoms with van der Waals surface area (Å²) in [5.41, 5.74) is 1.47. The molecule has 0 aliphatic heterocycles.